The Balaban J connectivity index is 1.84. The smallest absolute Gasteiger partial charge is 0.272 e. The molecular weight excluding hydrogens is 348 g/mol. The number of benzene rings is 1. The van der Waals surface area contributed by atoms with E-state index in [2.05, 4.69) is 5.32 Å². The van der Waals surface area contributed by atoms with Crippen molar-refractivity contribution in [3.63, 3.8) is 0 Å². The van der Waals surface area contributed by atoms with Crippen LogP contribution in [-0.4, -0.2) is 34.4 Å². The van der Waals surface area contributed by atoms with E-state index in [4.69, 9.17) is 5.73 Å². The Labute approximate surface area is 156 Å². The highest BCUT2D eigenvalue weighted by molar-refractivity contribution is 7.20. The molecule has 3 aromatic rings. The standard InChI is InChI=1S/C19H22N4O2S/c1-4-23(5-2)19(25)17-9-12-8-14(6-7-16(12)26-17)21-18(24)15-10-13(20)11-22(15)3/h6-11H,4-5,20H2,1-3H3,(H,21,24). The van der Waals surface area contributed by atoms with Crippen LogP contribution in [0.2, 0.25) is 0 Å². The Hall–Kier alpha value is -2.80. The summed E-state index contributed by atoms with van der Waals surface area (Å²) < 4.78 is 2.70. The van der Waals surface area contributed by atoms with Crippen molar-refractivity contribution in [2.24, 2.45) is 7.05 Å². The van der Waals surface area contributed by atoms with Crippen molar-refractivity contribution in [1.29, 1.82) is 0 Å². The molecule has 2 amide bonds. The van der Waals surface area contributed by atoms with Gasteiger partial charge in [-0.1, -0.05) is 0 Å². The normalized spacial score (nSPS) is 10.9. The maximum atomic E-state index is 12.5. The molecule has 0 saturated heterocycles. The first-order valence-corrected chi connectivity index (χ1v) is 9.30. The predicted molar refractivity (Wildman–Crippen MR) is 107 cm³/mol. The van der Waals surface area contributed by atoms with Gasteiger partial charge in [0.15, 0.2) is 0 Å². The Bertz CT molecular complexity index is 969. The van der Waals surface area contributed by atoms with Crippen LogP contribution in [0.15, 0.2) is 36.5 Å². The van der Waals surface area contributed by atoms with Crippen LogP contribution in [0, 0.1) is 0 Å². The number of nitrogen functional groups attached to an aromatic ring is 1. The van der Waals surface area contributed by atoms with Gasteiger partial charge in [-0.15, -0.1) is 11.3 Å². The summed E-state index contributed by atoms with van der Waals surface area (Å²) in [5.41, 5.74) is 7.45. The number of rotatable bonds is 5. The molecule has 6 nitrogen and oxygen atoms in total. The van der Waals surface area contributed by atoms with Crippen molar-refractivity contribution in [3.8, 4) is 0 Å². The molecule has 2 heterocycles. The molecule has 0 aliphatic carbocycles. The first kappa shape index (κ1) is 18.0. The van der Waals surface area contributed by atoms with Crippen LogP contribution in [0.3, 0.4) is 0 Å². The third-order valence-electron chi connectivity index (χ3n) is 4.29. The number of aryl methyl sites for hydroxylation is 1. The van der Waals surface area contributed by atoms with Gasteiger partial charge in [0, 0.05) is 36.7 Å². The Morgan fingerprint density at radius 3 is 2.54 bits per heavy atom. The van der Waals surface area contributed by atoms with Gasteiger partial charge in [0.2, 0.25) is 0 Å². The highest BCUT2D eigenvalue weighted by Gasteiger charge is 2.16. The SMILES string of the molecule is CCN(CC)C(=O)c1cc2cc(NC(=O)c3cc(N)cn3C)ccc2s1. The number of nitrogens with zero attached hydrogens (tertiary/aromatic N) is 2. The molecule has 0 saturated carbocycles. The van der Waals surface area contributed by atoms with Gasteiger partial charge in [-0.2, -0.15) is 0 Å². The second-order valence-corrected chi connectivity index (χ2v) is 7.15. The van der Waals surface area contributed by atoms with Gasteiger partial charge in [-0.3, -0.25) is 9.59 Å². The van der Waals surface area contributed by atoms with Gasteiger partial charge in [0.05, 0.1) is 10.6 Å². The lowest BCUT2D eigenvalue weighted by Gasteiger charge is -2.17. The maximum absolute atomic E-state index is 12.5. The van der Waals surface area contributed by atoms with Gasteiger partial charge in [-0.05, 0) is 49.6 Å². The number of fused-ring (bicyclic) bond motifs is 1. The zero-order chi connectivity index (χ0) is 18.8. The van der Waals surface area contributed by atoms with Crippen LogP contribution in [0.1, 0.15) is 34.0 Å². The van der Waals surface area contributed by atoms with E-state index in [9.17, 15) is 9.59 Å². The van der Waals surface area contributed by atoms with Crippen LogP contribution in [0.5, 0.6) is 0 Å². The fourth-order valence-corrected chi connectivity index (χ4v) is 3.92. The molecule has 0 bridgehead atoms. The highest BCUT2D eigenvalue weighted by atomic mass is 32.1. The molecule has 0 aliphatic rings. The minimum atomic E-state index is -0.224. The van der Waals surface area contributed by atoms with Gasteiger partial charge >= 0.3 is 0 Å². The minimum absolute atomic E-state index is 0.0427. The third-order valence-corrected chi connectivity index (χ3v) is 5.40. The van der Waals surface area contributed by atoms with E-state index in [1.807, 2.05) is 38.1 Å². The van der Waals surface area contributed by atoms with E-state index in [0.717, 1.165) is 10.1 Å². The zero-order valence-corrected chi connectivity index (χ0v) is 15.9. The molecule has 7 heteroatoms. The fourth-order valence-electron chi connectivity index (χ4n) is 2.90. The van der Waals surface area contributed by atoms with Crippen LogP contribution in [-0.2, 0) is 7.05 Å². The summed E-state index contributed by atoms with van der Waals surface area (Å²) in [4.78, 5) is 27.4. The lowest BCUT2D eigenvalue weighted by atomic mass is 10.2. The Kier molecular flexibility index (Phi) is 4.99. The molecule has 0 fully saturated rings. The first-order valence-electron chi connectivity index (χ1n) is 8.49. The number of hydrogen-bond acceptors (Lipinski definition) is 4. The maximum Gasteiger partial charge on any atom is 0.272 e. The topological polar surface area (TPSA) is 80.4 Å². The highest BCUT2D eigenvalue weighted by Crippen LogP contribution is 2.29. The predicted octanol–water partition coefficient (Wildman–Crippen LogP) is 3.56. The average molecular weight is 370 g/mol. The Morgan fingerprint density at radius 2 is 1.92 bits per heavy atom. The molecule has 0 spiro atoms. The summed E-state index contributed by atoms with van der Waals surface area (Å²) in [6, 6.07) is 9.17. The summed E-state index contributed by atoms with van der Waals surface area (Å²) in [5.74, 6) is -0.181. The molecule has 0 unspecified atom stereocenters. The van der Waals surface area contributed by atoms with Gasteiger partial charge in [0.1, 0.15) is 5.69 Å². The Morgan fingerprint density at radius 1 is 1.19 bits per heavy atom. The number of carbonyl (C=O) groups is 2. The van der Waals surface area contributed by atoms with Crippen molar-refractivity contribution in [1.82, 2.24) is 9.47 Å². The van der Waals surface area contributed by atoms with Crippen molar-refractivity contribution in [2.45, 2.75) is 13.8 Å². The number of nitrogens with one attached hydrogen (secondary N) is 1. The molecule has 3 N–H and O–H groups in total. The van der Waals surface area contributed by atoms with Gasteiger partial charge in [0.25, 0.3) is 11.8 Å². The monoisotopic (exact) mass is 370 g/mol. The van der Waals surface area contributed by atoms with Gasteiger partial charge in [-0.25, -0.2) is 0 Å². The molecule has 0 aliphatic heterocycles. The van der Waals surface area contributed by atoms with Crippen LogP contribution < -0.4 is 11.1 Å². The molecular formula is C19H22N4O2S. The second kappa shape index (κ2) is 7.21. The largest absolute Gasteiger partial charge is 0.397 e. The van der Waals surface area contributed by atoms with E-state index in [1.165, 1.54) is 11.3 Å². The van der Waals surface area contributed by atoms with Crippen molar-refractivity contribution in [2.75, 3.05) is 24.1 Å². The third kappa shape index (κ3) is 3.43. The number of thiophene rings is 1. The first-order chi connectivity index (χ1) is 12.4. The van der Waals surface area contributed by atoms with E-state index in [-0.39, 0.29) is 11.8 Å². The number of hydrogen-bond donors (Lipinski definition) is 2. The summed E-state index contributed by atoms with van der Waals surface area (Å²) >= 11 is 1.47. The summed E-state index contributed by atoms with van der Waals surface area (Å²) in [6.45, 7) is 5.31. The fraction of sp³-hybridized carbons (Fsp3) is 0.263. The molecule has 26 heavy (non-hydrogen) atoms. The number of aromatic nitrogens is 1. The number of amides is 2. The number of carbonyl (C=O) groups excluding carboxylic acids is 2. The van der Waals surface area contributed by atoms with E-state index >= 15 is 0 Å². The lowest BCUT2D eigenvalue weighted by Crippen LogP contribution is -2.29. The average Bonchev–Trinajstić information content (AvgIpc) is 3.18. The summed E-state index contributed by atoms with van der Waals surface area (Å²) in [6.07, 6.45) is 1.70. The summed E-state index contributed by atoms with van der Waals surface area (Å²) in [5, 5.41) is 3.82. The van der Waals surface area contributed by atoms with Crippen LogP contribution >= 0.6 is 11.3 Å². The zero-order valence-electron chi connectivity index (χ0n) is 15.1. The second-order valence-electron chi connectivity index (χ2n) is 6.06. The van der Waals surface area contributed by atoms with E-state index < -0.39 is 0 Å². The van der Waals surface area contributed by atoms with Crippen molar-refractivity contribution < 1.29 is 9.59 Å². The lowest BCUT2D eigenvalue weighted by molar-refractivity contribution is 0.0777. The summed E-state index contributed by atoms with van der Waals surface area (Å²) in [7, 11) is 1.78. The van der Waals surface area contributed by atoms with Crippen molar-refractivity contribution in [3.05, 3.63) is 47.1 Å². The molecule has 136 valence electrons. The van der Waals surface area contributed by atoms with E-state index in [0.29, 0.717) is 35.0 Å². The quantitative estimate of drug-likeness (QED) is 0.721. The molecule has 1 aromatic carbocycles. The molecule has 3 rings (SSSR count). The molecule has 0 radical (unpaired) electrons. The number of anilines is 2. The molecule has 0 atom stereocenters. The van der Waals surface area contributed by atoms with Gasteiger partial charge < -0.3 is 20.5 Å². The van der Waals surface area contributed by atoms with Crippen LogP contribution in [0.25, 0.3) is 10.1 Å². The van der Waals surface area contributed by atoms with Crippen molar-refractivity contribution >= 4 is 44.6 Å². The van der Waals surface area contributed by atoms with E-state index in [1.54, 1.807) is 28.8 Å². The number of nitrogens with two attached hydrogens (primary N) is 1. The molecule has 2 aromatic heterocycles. The minimum Gasteiger partial charge on any atom is -0.397 e. The van der Waals surface area contributed by atoms with Crippen LogP contribution in [0.4, 0.5) is 11.4 Å².